The van der Waals surface area contributed by atoms with E-state index in [-0.39, 0.29) is 0 Å². The fourth-order valence-electron chi connectivity index (χ4n) is 2.86. The molecule has 2 heterocycles. The molecular formula is C15H30N6. The summed E-state index contributed by atoms with van der Waals surface area (Å²) in [4.78, 5) is 4.88. The maximum atomic E-state index is 4.21. The van der Waals surface area contributed by atoms with E-state index in [9.17, 15) is 0 Å². The number of nitrogens with one attached hydrogen (secondary N) is 1. The third kappa shape index (κ3) is 5.37. The molecule has 6 nitrogen and oxygen atoms in total. The van der Waals surface area contributed by atoms with Crippen LogP contribution in [-0.4, -0.2) is 71.1 Å². The van der Waals surface area contributed by atoms with Gasteiger partial charge in [0.05, 0.1) is 12.2 Å². The van der Waals surface area contributed by atoms with E-state index in [1.165, 1.54) is 19.4 Å². The Morgan fingerprint density at radius 3 is 3.05 bits per heavy atom. The van der Waals surface area contributed by atoms with Gasteiger partial charge in [-0.2, -0.15) is 0 Å². The monoisotopic (exact) mass is 294 g/mol. The third-order valence-electron chi connectivity index (χ3n) is 4.22. The fraction of sp³-hybridized carbons (Fsp3) is 0.867. The molecule has 21 heavy (non-hydrogen) atoms. The Labute approximate surface area is 128 Å². The standard InChI is InChI=1S/C15H30N6/c1-4-7-16-11-14-12-21(18-17-14)10-9-19(2)13-15-6-5-8-20(15)3/h12,15-16H,4-11,13H2,1-3H3. The van der Waals surface area contributed by atoms with Gasteiger partial charge in [-0.15, -0.1) is 5.10 Å². The smallest absolute Gasteiger partial charge is 0.0964 e. The van der Waals surface area contributed by atoms with E-state index in [2.05, 4.69) is 52.6 Å². The number of aromatic nitrogens is 3. The molecule has 0 spiro atoms. The Balaban J connectivity index is 1.67. The average molecular weight is 294 g/mol. The molecule has 2 rings (SSSR count). The molecule has 1 atom stereocenters. The minimum Gasteiger partial charge on any atom is -0.311 e. The highest BCUT2D eigenvalue weighted by molar-refractivity contribution is 4.91. The summed E-state index contributed by atoms with van der Waals surface area (Å²) >= 11 is 0. The van der Waals surface area contributed by atoms with Crippen molar-refractivity contribution in [2.24, 2.45) is 0 Å². The van der Waals surface area contributed by atoms with Crippen LogP contribution in [0.25, 0.3) is 0 Å². The molecule has 1 saturated heterocycles. The van der Waals surface area contributed by atoms with E-state index < -0.39 is 0 Å². The predicted molar refractivity (Wildman–Crippen MR) is 85.2 cm³/mol. The van der Waals surface area contributed by atoms with Crippen LogP contribution in [0.4, 0.5) is 0 Å². The second-order valence-electron chi connectivity index (χ2n) is 6.19. The van der Waals surface area contributed by atoms with Crippen LogP contribution in [0.3, 0.4) is 0 Å². The first-order valence-corrected chi connectivity index (χ1v) is 8.17. The zero-order valence-corrected chi connectivity index (χ0v) is 13.8. The third-order valence-corrected chi connectivity index (χ3v) is 4.22. The van der Waals surface area contributed by atoms with Crippen molar-refractivity contribution < 1.29 is 0 Å². The van der Waals surface area contributed by atoms with Gasteiger partial charge >= 0.3 is 0 Å². The number of hydrogen-bond donors (Lipinski definition) is 1. The number of likely N-dealkylation sites (tertiary alicyclic amines) is 1. The van der Waals surface area contributed by atoms with Crippen LogP contribution in [-0.2, 0) is 13.1 Å². The predicted octanol–water partition coefficient (Wildman–Crippen LogP) is 0.804. The molecule has 0 aromatic carbocycles. The minimum atomic E-state index is 0.722. The summed E-state index contributed by atoms with van der Waals surface area (Å²) in [6.45, 7) is 8.34. The molecule has 0 saturated carbocycles. The number of nitrogens with zero attached hydrogens (tertiary/aromatic N) is 5. The van der Waals surface area contributed by atoms with Crippen LogP contribution in [0.5, 0.6) is 0 Å². The minimum absolute atomic E-state index is 0.722. The second-order valence-corrected chi connectivity index (χ2v) is 6.19. The Morgan fingerprint density at radius 2 is 2.33 bits per heavy atom. The Hall–Kier alpha value is -0.980. The lowest BCUT2D eigenvalue weighted by Gasteiger charge is -2.25. The summed E-state index contributed by atoms with van der Waals surface area (Å²) in [7, 11) is 4.44. The van der Waals surface area contributed by atoms with E-state index in [0.29, 0.717) is 0 Å². The highest BCUT2D eigenvalue weighted by Gasteiger charge is 2.21. The molecule has 1 fully saturated rings. The molecule has 1 N–H and O–H groups in total. The van der Waals surface area contributed by atoms with Crippen LogP contribution < -0.4 is 5.32 Å². The number of hydrogen-bond acceptors (Lipinski definition) is 5. The topological polar surface area (TPSA) is 49.2 Å². The van der Waals surface area contributed by atoms with Gasteiger partial charge in [0, 0.05) is 31.9 Å². The SMILES string of the molecule is CCCNCc1cn(CCN(C)CC2CCCN2C)nn1. The fourth-order valence-corrected chi connectivity index (χ4v) is 2.86. The zero-order valence-electron chi connectivity index (χ0n) is 13.8. The molecule has 1 aromatic rings. The average Bonchev–Trinajstić information content (AvgIpc) is 3.07. The van der Waals surface area contributed by atoms with E-state index in [1.54, 1.807) is 0 Å². The first-order chi connectivity index (χ1) is 10.2. The van der Waals surface area contributed by atoms with Crippen LogP contribution in [0.1, 0.15) is 31.9 Å². The van der Waals surface area contributed by atoms with Crippen LogP contribution in [0.2, 0.25) is 0 Å². The highest BCUT2D eigenvalue weighted by Crippen LogP contribution is 2.15. The Morgan fingerprint density at radius 1 is 1.48 bits per heavy atom. The molecule has 6 heteroatoms. The maximum absolute atomic E-state index is 4.21. The molecule has 0 aliphatic carbocycles. The lowest BCUT2D eigenvalue weighted by Crippen LogP contribution is -2.37. The number of rotatable bonds is 9. The van der Waals surface area contributed by atoms with Crippen LogP contribution in [0, 0.1) is 0 Å². The summed E-state index contributed by atoms with van der Waals surface area (Å²) in [5.41, 5.74) is 1.03. The summed E-state index contributed by atoms with van der Waals surface area (Å²) in [6, 6.07) is 0.722. The van der Waals surface area contributed by atoms with Gasteiger partial charge in [-0.05, 0) is 46.4 Å². The normalized spacial score (nSPS) is 19.7. The highest BCUT2D eigenvalue weighted by atomic mass is 15.4. The van der Waals surface area contributed by atoms with Crippen molar-refractivity contribution in [1.29, 1.82) is 0 Å². The van der Waals surface area contributed by atoms with Crippen molar-refractivity contribution in [2.45, 2.75) is 45.3 Å². The van der Waals surface area contributed by atoms with Crippen molar-refractivity contribution in [3.8, 4) is 0 Å². The van der Waals surface area contributed by atoms with Crippen LogP contribution in [0.15, 0.2) is 6.20 Å². The van der Waals surface area contributed by atoms with Gasteiger partial charge in [-0.3, -0.25) is 4.68 Å². The first-order valence-electron chi connectivity index (χ1n) is 8.17. The maximum Gasteiger partial charge on any atom is 0.0964 e. The van der Waals surface area contributed by atoms with Gasteiger partial charge in [0.2, 0.25) is 0 Å². The number of likely N-dealkylation sites (N-methyl/N-ethyl adjacent to an activating group) is 2. The molecule has 1 aromatic heterocycles. The zero-order chi connectivity index (χ0) is 15.1. The second kappa shape index (κ2) is 8.46. The van der Waals surface area contributed by atoms with Crippen molar-refractivity contribution in [3.63, 3.8) is 0 Å². The lowest BCUT2D eigenvalue weighted by atomic mass is 10.2. The molecule has 1 unspecified atom stereocenters. The largest absolute Gasteiger partial charge is 0.311 e. The van der Waals surface area contributed by atoms with Crippen LogP contribution >= 0.6 is 0 Å². The van der Waals surface area contributed by atoms with Crippen molar-refractivity contribution >= 4 is 0 Å². The molecule has 1 aliphatic rings. The van der Waals surface area contributed by atoms with Gasteiger partial charge in [-0.1, -0.05) is 12.1 Å². The van der Waals surface area contributed by atoms with Gasteiger partial charge < -0.3 is 15.1 Å². The quantitative estimate of drug-likeness (QED) is 0.683. The van der Waals surface area contributed by atoms with E-state index in [0.717, 1.165) is 50.9 Å². The molecule has 1 aliphatic heterocycles. The molecular weight excluding hydrogens is 264 g/mol. The summed E-state index contributed by atoms with van der Waals surface area (Å²) in [5, 5.41) is 11.8. The van der Waals surface area contributed by atoms with E-state index in [4.69, 9.17) is 0 Å². The molecule has 0 bridgehead atoms. The van der Waals surface area contributed by atoms with Crippen molar-refractivity contribution in [1.82, 2.24) is 30.1 Å². The van der Waals surface area contributed by atoms with Gasteiger partial charge in [0.15, 0.2) is 0 Å². The van der Waals surface area contributed by atoms with Gasteiger partial charge in [0.1, 0.15) is 0 Å². The first kappa shape index (κ1) is 16.4. The molecule has 0 amide bonds. The van der Waals surface area contributed by atoms with Crippen molar-refractivity contribution in [2.75, 3.05) is 40.3 Å². The van der Waals surface area contributed by atoms with Crippen molar-refractivity contribution in [3.05, 3.63) is 11.9 Å². The summed E-state index contributed by atoms with van der Waals surface area (Å²) in [6.07, 6.45) is 5.87. The van der Waals surface area contributed by atoms with E-state index in [1.807, 2.05) is 4.68 Å². The summed E-state index contributed by atoms with van der Waals surface area (Å²) in [5.74, 6) is 0. The Bertz CT molecular complexity index is 405. The van der Waals surface area contributed by atoms with Gasteiger partial charge in [0.25, 0.3) is 0 Å². The van der Waals surface area contributed by atoms with E-state index >= 15 is 0 Å². The lowest BCUT2D eigenvalue weighted by molar-refractivity contribution is 0.213. The Kier molecular flexibility index (Phi) is 6.60. The van der Waals surface area contributed by atoms with Gasteiger partial charge in [-0.25, -0.2) is 0 Å². The summed E-state index contributed by atoms with van der Waals surface area (Å²) < 4.78 is 1.96. The molecule has 120 valence electrons. The molecule has 0 radical (unpaired) electrons.